The molecule has 1 aliphatic rings. The molecule has 0 amide bonds. The highest BCUT2D eigenvalue weighted by Gasteiger charge is 2.16. The molecule has 2 nitrogen and oxygen atoms in total. The Balaban J connectivity index is 1.69. The van der Waals surface area contributed by atoms with Crippen molar-refractivity contribution in [3.05, 3.63) is 58.3 Å². The van der Waals surface area contributed by atoms with E-state index >= 15 is 0 Å². The van der Waals surface area contributed by atoms with Gasteiger partial charge in [-0.05, 0) is 42.7 Å². The summed E-state index contributed by atoms with van der Waals surface area (Å²) in [5.74, 6) is -0.144. The second-order valence-corrected chi connectivity index (χ2v) is 6.16. The van der Waals surface area contributed by atoms with Gasteiger partial charge in [-0.3, -0.25) is 0 Å². The van der Waals surface area contributed by atoms with Gasteiger partial charge >= 0.3 is 0 Å². The summed E-state index contributed by atoms with van der Waals surface area (Å²) >= 11 is 3.52. The summed E-state index contributed by atoms with van der Waals surface area (Å²) in [5.41, 5.74) is 2.69. The first-order chi connectivity index (χ1) is 10.2. The Kier molecular flexibility index (Phi) is 4.44. The van der Waals surface area contributed by atoms with E-state index in [9.17, 15) is 4.39 Å². The monoisotopic (exact) mass is 348 g/mol. The maximum absolute atomic E-state index is 14.2. The summed E-state index contributed by atoms with van der Waals surface area (Å²) in [6, 6.07) is 13.5. The van der Waals surface area contributed by atoms with Crippen LogP contribution in [0.2, 0.25) is 0 Å². The van der Waals surface area contributed by atoms with Crippen molar-refractivity contribution in [1.29, 1.82) is 0 Å². The Bertz CT molecular complexity index is 624. The number of halogens is 2. The van der Waals surface area contributed by atoms with Gasteiger partial charge in [-0.1, -0.05) is 34.1 Å². The van der Waals surface area contributed by atoms with E-state index < -0.39 is 0 Å². The molecule has 3 rings (SSSR count). The number of nitrogens with one attached hydrogen (secondary N) is 1. The highest BCUT2D eigenvalue weighted by atomic mass is 79.9. The second-order valence-electron chi connectivity index (χ2n) is 5.31. The van der Waals surface area contributed by atoms with Gasteiger partial charge in [-0.25, -0.2) is 4.39 Å². The Hall–Kier alpha value is -1.55. The van der Waals surface area contributed by atoms with Crippen molar-refractivity contribution in [3.63, 3.8) is 0 Å². The van der Waals surface area contributed by atoms with Crippen LogP contribution in [0.5, 0.6) is 0 Å². The first-order valence-corrected chi connectivity index (χ1v) is 8.05. The highest BCUT2D eigenvalue weighted by Crippen LogP contribution is 2.26. The summed E-state index contributed by atoms with van der Waals surface area (Å²) in [6.45, 7) is 2.59. The summed E-state index contributed by atoms with van der Waals surface area (Å²) in [4.78, 5) is 2.12. The molecule has 1 fully saturated rings. The minimum atomic E-state index is -0.144. The van der Waals surface area contributed by atoms with Gasteiger partial charge in [0.2, 0.25) is 0 Å². The number of hydrogen-bond donors (Lipinski definition) is 1. The Morgan fingerprint density at radius 3 is 2.57 bits per heavy atom. The molecular formula is C17H18BrFN2. The van der Waals surface area contributed by atoms with Crippen LogP contribution >= 0.6 is 15.9 Å². The van der Waals surface area contributed by atoms with Crippen LogP contribution in [0.1, 0.15) is 18.4 Å². The van der Waals surface area contributed by atoms with Gasteiger partial charge in [0, 0.05) is 29.8 Å². The summed E-state index contributed by atoms with van der Waals surface area (Å²) in [7, 11) is 0. The van der Waals surface area contributed by atoms with Crippen LogP contribution in [-0.4, -0.2) is 13.1 Å². The summed E-state index contributed by atoms with van der Waals surface area (Å²) < 4.78 is 15.3. The van der Waals surface area contributed by atoms with Crippen molar-refractivity contribution in [2.75, 3.05) is 23.3 Å². The fourth-order valence-electron chi connectivity index (χ4n) is 2.67. The van der Waals surface area contributed by atoms with E-state index in [0.717, 1.165) is 47.3 Å². The van der Waals surface area contributed by atoms with Crippen molar-refractivity contribution >= 4 is 27.3 Å². The van der Waals surface area contributed by atoms with Crippen LogP contribution in [0, 0.1) is 5.82 Å². The molecule has 0 saturated carbocycles. The standard InChI is InChI=1S/C17H18BrFN2/c18-15-6-2-1-5-13(15)12-20-14-7-8-17(16(19)11-14)21-9-3-4-10-21/h1-2,5-8,11,20H,3-4,9-10,12H2. The molecule has 1 saturated heterocycles. The van der Waals surface area contributed by atoms with Gasteiger partial charge < -0.3 is 10.2 Å². The molecule has 0 atom stereocenters. The number of hydrogen-bond acceptors (Lipinski definition) is 2. The topological polar surface area (TPSA) is 15.3 Å². The normalized spacial score (nSPS) is 14.5. The first-order valence-electron chi connectivity index (χ1n) is 7.26. The largest absolute Gasteiger partial charge is 0.381 e. The van der Waals surface area contributed by atoms with Gasteiger partial charge in [-0.2, -0.15) is 0 Å². The lowest BCUT2D eigenvalue weighted by atomic mass is 10.2. The van der Waals surface area contributed by atoms with Gasteiger partial charge in [-0.15, -0.1) is 0 Å². The van der Waals surface area contributed by atoms with Gasteiger partial charge in [0.05, 0.1) is 5.69 Å². The van der Waals surface area contributed by atoms with Crippen molar-refractivity contribution < 1.29 is 4.39 Å². The van der Waals surface area contributed by atoms with E-state index in [-0.39, 0.29) is 5.82 Å². The molecule has 4 heteroatoms. The number of nitrogens with zero attached hydrogens (tertiary/aromatic N) is 1. The minimum Gasteiger partial charge on any atom is -0.381 e. The Labute approximate surface area is 133 Å². The summed E-state index contributed by atoms with van der Waals surface area (Å²) in [5, 5.41) is 3.27. The minimum absolute atomic E-state index is 0.144. The van der Waals surface area contributed by atoms with Crippen molar-refractivity contribution in [3.8, 4) is 0 Å². The van der Waals surface area contributed by atoms with Crippen LogP contribution < -0.4 is 10.2 Å². The summed E-state index contributed by atoms with van der Waals surface area (Å²) in [6.07, 6.45) is 2.31. The lowest BCUT2D eigenvalue weighted by Gasteiger charge is -2.19. The molecule has 110 valence electrons. The zero-order chi connectivity index (χ0) is 14.7. The van der Waals surface area contributed by atoms with E-state index in [0.29, 0.717) is 6.54 Å². The van der Waals surface area contributed by atoms with E-state index in [1.165, 1.54) is 0 Å². The van der Waals surface area contributed by atoms with Crippen LogP contribution in [0.15, 0.2) is 46.9 Å². The molecule has 0 aliphatic carbocycles. The molecule has 2 aromatic rings. The predicted molar refractivity (Wildman–Crippen MR) is 89.3 cm³/mol. The lowest BCUT2D eigenvalue weighted by Crippen LogP contribution is -2.18. The molecule has 0 spiro atoms. The van der Waals surface area contributed by atoms with Crippen LogP contribution in [0.25, 0.3) is 0 Å². The molecule has 1 aliphatic heterocycles. The molecule has 2 aromatic carbocycles. The number of rotatable bonds is 4. The van der Waals surface area contributed by atoms with E-state index in [4.69, 9.17) is 0 Å². The third-order valence-electron chi connectivity index (χ3n) is 3.84. The molecule has 1 heterocycles. The second kappa shape index (κ2) is 6.48. The fourth-order valence-corrected chi connectivity index (χ4v) is 3.10. The zero-order valence-corrected chi connectivity index (χ0v) is 13.4. The van der Waals surface area contributed by atoms with Gasteiger partial charge in [0.15, 0.2) is 0 Å². The maximum Gasteiger partial charge on any atom is 0.148 e. The molecule has 1 N–H and O–H groups in total. The van der Waals surface area contributed by atoms with Crippen LogP contribution in [0.4, 0.5) is 15.8 Å². The molecule has 0 aromatic heterocycles. The highest BCUT2D eigenvalue weighted by molar-refractivity contribution is 9.10. The van der Waals surface area contributed by atoms with Gasteiger partial charge in [0.25, 0.3) is 0 Å². The van der Waals surface area contributed by atoms with Crippen LogP contribution in [-0.2, 0) is 6.54 Å². The lowest BCUT2D eigenvalue weighted by molar-refractivity contribution is 0.623. The number of anilines is 2. The van der Waals surface area contributed by atoms with E-state index in [2.05, 4.69) is 26.1 Å². The van der Waals surface area contributed by atoms with Crippen molar-refractivity contribution in [1.82, 2.24) is 0 Å². The zero-order valence-electron chi connectivity index (χ0n) is 11.8. The quantitative estimate of drug-likeness (QED) is 0.853. The Morgan fingerprint density at radius 2 is 1.86 bits per heavy atom. The van der Waals surface area contributed by atoms with Crippen molar-refractivity contribution in [2.24, 2.45) is 0 Å². The Morgan fingerprint density at radius 1 is 1.10 bits per heavy atom. The van der Waals surface area contributed by atoms with E-state index in [1.54, 1.807) is 6.07 Å². The predicted octanol–water partition coefficient (Wildman–Crippen LogP) is 4.80. The third-order valence-corrected chi connectivity index (χ3v) is 4.61. The molecule has 0 radical (unpaired) electrons. The molecule has 0 bridgehead atoms. The first kappa shape index (κ1) is 14.4. The third kappa shape index (κ3) is 3.38. The smallest absolute Gasteiger partial charge is 0.148 e. The average molecular weight is 349 g/mol. The SMILES string of the molecule is Fc1cc(NCc2ccccc2Br)ccc1N1CCCC1. The fraction of sp³-hybridized carbons (Fsp3) is 0.294. The van der Waals surface area contributed by atoms with Gasteiger partial charge in [0.1, 0.15) is 5.82 Å². The molecule has 0 unspecified atom stereocenters. The number of benzene rings is 2. The maximum atomic E-state index is 14.2. The molecular weight excluding hydrogens is 331 g/mol. The van der Waals surface area contributed by atoms with Crippen molar-refractivity contribution in [2.45, 2.75) is 19.4 Å². The average Bonchev–Trinajstić information content (AvgIpc) is 3.00. The van der Waals surface area contributed by atoms with Crippen LogP contribution in [0.3, 0.4) is 0 Å². The molecule has 21 heavy (non-hydrogen) atoms. The van der Waals surface area contributed by atoms with E-state index in [1.807, 2.05) is 36.4 Å².